The molecule has 0 aromatic rings. The lowest BCUT2D eigenvalue weighted by molar-refractivity contribution is 0.139. The Balaban J connectivity index is 3.15. The van der Waals surface area contributed by atoms with Crippen molar-refractivity contribution in [1.29, 1.82) is 0 Å². The van der Waals surface area contributed by atoms with E-state index >= 15 is 0 Å². The molecule has 0 aromatic carbocycles. The molecule has 0 saturated heterocycles. The molecule has 0 heterocycles. The van der Waals surface area contributed by atoms with Crippen LogP contribution in [0.15, 0.2) is 10.3 Å². The molecule has 0 atom stereocenters. The highest BCUT2D eigenvalue weighted by Gasteiger charge is 1.86. The van der Waals surface area contributed by atoms with E-state index in [0.717, 1.165) is 12.8 Å². The summed E-state index contributed by atoms with van der Waals surface area (Å²) in [5, 5.41) is 7.30. The van der Waals surface area contributed by atoms with Gasteiger partial charge < -0.3 is 9.68 Å². The predicted molar refractivity (Wildman–Crippen MR) is 71.5 cm³/mol. The second-order valence-corrected chi connectivity index (χ2v) is 3.89. The van der Waals surface area contributed by atoms with Crippen LogP contribution in [0.4, 0.5) is 0 Å². The minimum absolute atomic E-state index is 0.645. The fraction of sp³-hybridized carbons (Fsp3) is 0.846. The highest BCUT2D eigenvalue weighted by atomic mass is 16.6. The van der Waals surface area contributed by atoms with Gasteiger partial charge >= 0.3 is 0 Å². The largest absolute Gasteiger partial charge is 0.396 e. The van der Waals surface area contributed by atoms with Crippen LogP contribution in [-0.4, -0.2) is 25.6 Å². The summed E-state index contributed by atoms with van der Waals surface area (Å²) < 4.78 is 0. The third-order valence-corrected chi connectivity index (χ3v) is 2.23. The Morgan fingerprint density at radius 3 is 2.29 bits per heavy atom. The summed E-state index contributed by atoms with van der Waals surface area (Å²) >= 11 is 0. The Labute approximate surface area is 105 Å². The van der Waals surface area contributed by atoms with Crippen LogP contribution in [0.2, 0.25) is 0 Å². The maximum atomic E-state index is 5.02. The second-order valence-electron chi connectivity index (χ2n) is 3.89. The van der Waals surface area contributed by atoms with Crippen LogP contribution in [0.1, 0.15) is 58.8 Å². The highest BCUT2D eigenvalue weighted by Crippen LogP contribution is 1.98. The van der Waals surface area contributed by atoms with Gasteiger partial charge in [-0.05, 0) is 19.3 Å². The van der Waals surface area contributed by atoms with Gasteiger partial charge in [-0.3, -0.25) is 0 Å². The quantitative estimate of drug-likeness (QED) is 0.297. The minimum atomic E-state index is 0.645. The van der Waals surface area contributed by atoms with Gasteiger partial charge in [-0.15, -0.1) is 0 Å². The summed E-state index contributed by atoms with van der Waals surface area (Å²) in [6.07, 6.45) is 12.1. The number of rotatable bonds is 12. The number of oxime groups is 1. The van der Waals surface area contributed by atoms with Crippen molar-refractivity contribution in [3.05, 3.63) is 0 Å². The Hall–Kier alpha value is -1.06. The topological polar surface area (TPSA) is 43.2 Å². The highest BCUT2D eigenvalue weighted by molar-refractivity contribution is 6.15. The number of unbranched alkanes of at least 4 members (excludes halogenated alkanes) is 5. The van der Waals surface area contributed by atoms with E-state index in [0.29, 0.717) is 13.2 Å². The van der Waals surface area contributed by atoms with Crippen LogP contribution in [0.25, 0.3) is 0 Å². The average molecular weight is 241 g/mol. The van der Waals surface area contributed by atoms with E-state index in [4.69, 9.17) is 9.68 Å². The van der Waals surface area contributed by atoms with Crippen LogP contribution >= 0.6 is 0 Å². The summed E-state index contributed by atoms with van der Waals surface area (Å²) in [6.45, 7) is 5.65. The van der Waals surface area contributed by atoms with Gasteiger partial charge in [0.1, 0.15) is 13.2 Å². The molecule has 0 N–H and O–H groups in total. The molecule has 0 amide bonds. The van der Waals surface area contributed by atoms with Crippen molar-refractivity contribution in [1.82, 2.24) is 0 Å². The first-order valence-electron chi connectivity index (χ1n) is 6.63. The first-order valence-corrected chi connectivity index (χ1v) is 6.63. The molecule has 4 nitrogen and oxygen atoms in total. The SMILES string of the molecule is CCCCCCON=C/[C]=N/OCCCCC. The molecule has 0 unspecified atom stereocenters. The number of nitrogens with zero attached hydrogens (tertiary/aromatic N) is 2. The van der Waals surface area contributed by atoms with Crippen molar-refractivity contribution >= 4 is 12.4 Å². The van der Waals surface area contributed by atoms with Crippen LogP contribution in [0, 0.1) is 0 Å². The molecular formula is C13H25N2O2. The molecule has 0 aromatic heterocycles. The van der Waals surface area contributed by atoms with Crippen molar-refractivity contribution in [2.75, 3.05) is 13.2 Å². The van der Waals surface area contributed by atoms with Crippen LogP contribution in [0.3, 0.4) is 0 Å². The molecule has 0 rings (SSSR count). The van der Waals surface area contributed by atoms with Crippen LogP contribution < -0.4 is 0 Å². The summed E-state index contributed by atoms with van der Waals surface area (Å²) in [6, 6.07) is 0. The van der Waals surface area contributed by atoms with Crippen molar-refractivity contribution in [3.8, 4) is 0 Å². The predicted octanol–water partition coefficient (Wildman–Crippen LogP) is 3.64. The molecule has 0 spiro atoms. The van der Waals surface area contributed by atoms with Gasteiger partial charge in [-0.2, -0.15) is 0 Å². The Kier molecular flexibility index (Phi) is 14.0. The smallest absolute Gasteiger partial charge is 0.155 e. The molecule has 0 aliphatic rings. The summed E-state index contributed by atoms with van der Waals surface area (Å²) in [4.78, 5) is 9.98. The normalized spacial score (nSPS) is 11.4. The third-order valence-electron chi connectivity index (χ3n) is 2.23. The molecule has 99 valence electrons. The zero-order chi connectivity index (χ0) is 12.6. The van der Waals surface area contributed by atoms with E-state index < -0.39 is 0 Å². The van der Waals surface area contributed by atoms with Crippen molar-refractivity contribution in [2.45, 2.75) is 58.8 Å². The lowest BCUT2D eigenvalue weighted by Gasteiger charge is -1.97. The first kappa shape index (κ1) is 15.9. The monoisotopic (exact) mass is 241 g/mol. The minimum Gasteiger partial charge on any atom is -0.396 e. The summed E-state index contributed by atoms with van der Waals surface area (Å²) in [5.41, 5.74) is 0. The standard InChI is InChI=1S/C13H25N2O2/c1-3-5-7-9-13-17-15-11-10-14-16-12-8-6-4-2/h11H,3-9,12-13H2,1-2H3. The molecule has 17 heavy (non-hydrogen) atoms. The molecule has 0 bridgehead atoms. The molecule has 0 aliphatic carbocycles. The third kappa shape index (κ3) is 14.9. The Bertz CT molecular complexity index is 194. The fourth-order valence-electron chi connectivity index (χ4n) is 1.23. The zero-order valence-corrected chi connectivity index (χ0v) is 11.2. The van der Waals surface area contributed by atoms with E-state index in [1.807, 2.05) is 0 Å². The van der Waals surface area contributed by atoms with E-state index in [1.54, 1.807) is 0 Å². The maximum Gasteiger partial charge on any atom is 0.155 e. The van der Waals surface area contributed by atoms with Gasteiger partial charge in [0.05, 0.1) is 6.21 Å². The summed E-state index contributed by atoms with van der Waals surface area (Å²) in [7, 11) is 0. The van der Waals surface area contributed by atoms with Crippen molar-refractivity contribution in [2.24, 2.45) is 10.3 Å². The number of hydrogen-bond donors (Lipinski definition) is 0. The maximum absolute atomic E-state index is 5.02. The number of hydrogen-bond acceptors (Lipinski definition) is 4. The van der Waals surface area contributed by atoms with Gasteiger partial charge in [0.15, 0.2) is 6.21 Å². The fourth-order valence-corrected chi connectivity index (χ4v) is 1.23. The van der Waals surface area contributed by atoms with Gasteiger partial charge in [0, 0.05) is 0 Å². The van der Waals surface area contributed by atoms with Gasteiger partial charge in [-0.1, -0.05) is 49.8 Å². The van der Waals surface area contributed by atoms with Crippen LogP contribution in [-0.2, 0) is 9.68 Å². The lowest BCUT2D eigenvalue weighted by Crippen LogP contribution is -1.90. The van der Waals surface area contributed by atoms with Crippen LogP contribution in [0.5, 0.6) is 0 Å². The molecule has 1 radical (unpaired) electrons. The average Bonchev–Trinajstić information content (AvgIpc) is 2.35. The molecule has 0 aliphatic heterocycles. The van der Waals surface area contributed by atoms with Gasteiger partial charge in [-0.25, -0.2) is 0 Å². The first-order chi connectivity index (χ1) is 8.41. The second kappa shape index (κ2) is 14.9. The zero-order valence-electron chi connectivity index (χ0n) is 11.2. The van der Waals surface area contributed by atoms with Crippen molar-refractivity contribution < 1.29 is 9.68 Å². The Morgan fingerprint density at radius 1 is 0.882 bits per heavy atom. The van der Waals surface area contributed by atoms with E-state index in [9.17, 15) is 0 Å². The Morgan fingerprint density at radius 2 is 1.53 bits per heavy atom. The molecule has 0 saturated carbocycles. The van der Waals surface area contributed by atoms with E-state index in [1.165, 1.54) is 38.3 Å². The van der Waals surface area contributed by atoms with E-state index in [2.05, 4.69) is 30.4 Å². The van der Waals surface area contributed by atoms with E-state index in [-0.39, 0.29) is 0 Å². The van der Waals surface area contributed by atoms with Gasteiger partial charge in [0.2, 0.25) is 0 Å². The van der Waals surface area contributed by atoms with Crippen molar-refractivity contribution in [3.63, 3.8) is 0 Å². The molecule has 0 fully saturated rings. The summed E-state index contributed by atoms with van der Waals surface area (Å²) in [5.74, 6) is 0. The van der Waals surface area contributed by atoms with Gasteiger partial charge in [0.25, 0.3) is 0 Å². The molecular weight excluding hydrogens is 216 g/mol. The molecule has 4 heteroatoms. The lowest BCUT2D eigenvalue weighted by atomic mass is 10.2.